The highest BCUT2D eigenvalue weighted by Crippen LogP contribution is 2.22. The van der Waals surface area contributed by atoms with Gasteiger partial charge in [-0.1, -0.05) is 13.0 Å². The Balaban J connectivity index is 1.74. The average Bonchev–Trinajstić information content (AvgIpc) is 3.29. The van der Waals surface area contributed by atoms with E-state index >= 15 is 0 Å². The van der Waals surface area contributed by atoms with Crippen molar-refractivity contribution in [3.05, 3.63) is 54.1 Å². The molecule has 2 aromatic carbocycles. The monoisotopic (exact) mass is 451 g/mol. The van der Waals surface area contributed by atoms with Crippen LogP contribution in [0.5, 0.6) is 0 Å². The molecule has 10 heteroatoms. The summed E-state index contributed by atoms with van der Waals surface area (Å²) in [4.78, 5) is 12.8. The normalized spacial score (nSPS) is 15.2. The van der Waals surface area contributed by atoms with Gasteiger partial charge < -0.3 is 5.32 Å². The minimum atomic E-state index is -3.62. The van der Waals surface area contributed by atoms with Gasteiger partial charge in [-0.2, -0.15) is 4.31 Å². The third-order valence-electron chi connectivity index (χ3n) is 4.76. The molecule has 0 aliphatic carbocycles. The first-order valence-corrected chi connectivity index (χ1v) is 12.7. The van der Waals surface area contributed by atoms with Crippen molar-refractivity contribution in [2.24, 2.45) is 0 Å². The van der Waals surface area contributed by atoms with Crippen LogP contribution in [0.15, 0.2) is 58.3 Å². The van der Waals surface area contributed by atoms with Crippen LogP contribution in [-0.4, -0.2) is 46.7 Å². The Morgan fingerprint density at radius 3 is 2.27 bits per heavy atom. The number of hydrogen-bond acceptors (Lipinski definition) is 5. The van der Waals surface area contributed by atoms with Gasteiger partial charge >= 0.3 is 0 Å². The van der Waals surface area contributed by atoms with E-state index in [1.807, 2.05) is 6.92 Å². The van der Waals surface area contributed by atoms with Crippen molar-refractivity contribution in [1.29, 1.82) is 0 Å². The Kier molecular flexibility index (Phi) is 6.91. The lowest BCUT2D eigenvalue weighted by atomic mass is 10.2. The summed E-state index contributed by atoms with van der Waals surface area (Å²) in [6, 6.07) is 11.7. The van der Waals surface area contributed by atoms with E-state index in [2.05, 4.69) is 10.0 Å². The van der Waals surface area contributed by atoms with Gasteiger partial charge in [-0.25, -0.2) is 21.6 Å². The summed E-state index contributed by atoms with van der Waals surface area (Å²) >= 11 is 0. The number of carbonyl (C=O) groups excluding carboxylic acids is 1. The molecule has 0 aromatic heterocycles. The van der Waals surface area contributed by atoms with Crippen molar-refractivity contribution in [1.82, 2.24) is 9.03 Å². The van der Waals surface area contributed by atoms with Crippen LogP contribution in [0.2, 0.25) is 0 Å². The fourth-order valence-corrected chi connectivity index (χ4v) is 5.81. The Labute approximate surface area is 177 Å². The van der Waals surface area contributed by atoms with E-state index in [9.17, 15) is 21.6 Å². The van der Waals surface area contributed by atoms with Crippen molar-refractivity contribution in [3.63, 3.8) is 0 Å². The second-order valence-corrected chi connectivity index (χ2v) is 10.7. The summed E-state index contributed by atoms with van der Waals surface area (Å²) in [5.41, 5.74) is 0.610. The highest BCUT2D eigenvalue weighted by atomic mass is 32.2. The lowest BCUT2D eigenvalue weighted by molar-refractivity contribution is 0.102. The van der Waals surface area contributed by atoms with Gasteiger partial charge in [-0.05, 0) is 61.7 Å². The zero-order valence-corrected chi connectivity index (χ0v) is 18.3. The fourth-order valence-electron chi connectivity index (χ4n) is 3.12. The SMILES string of the molecule is CCCNS(=O)(=O)c1ccc(NC(=O)c2cccc(S(=O)(=O)N3CCCC3)c2)cc1. The maximum atomic E-state index is 12.7. The van der Waals surface area contributed by atoms with E-state index in [0.717, 1.165) is 12.8 Å². The summed E-state index contributed by atoms with van der Waals surface area (Å²) < 4.78 is 53.6. The molecule has 3 rings (SSSR count). The molecule has 0 radical (unpaired) electrons. The predicted octanol–water partition coefficient (Wildman–Crippen LogP) is 2.41. The van der Waals surface area contributed by atoms with Crippen LogP contribution < -0.4 is 10.0 Å². The van der Waals surface area contributed by atoms with Gasteiger partial charge in [0.25, 0.3) is 5.91 Å². The number of nitrogens with zero attached hydrogens (tertiary/aromatic N) is 1. The predicted molar refractivity (Wildman–Crippen MR) is 114 cm³/mol. The molecule has 1 heterocycles. The molecular formula is C20H25N3O5S2. The topological polar surface area (TPSA) is 113 Å². The summed E-state index contributed by atoms with van der Waals surface area (Å²) in [7, 11) is -7.20. The first-order valence-electron chi connectivity index (χ1n) is 9.75. The van der Waals surface area contributed by atoms with Crippen molar-refractivity contribution in [3.8, 4) is 0 Å². The van der Waals surface area contributed by atoms with Gasteiger partial charge in [-0.15, -0.1) is 0 Å². The zero-order valence-electron chi connectivity index (χ0n) is 16.7. The molecule has 0 atom stereocenters. The zero-order chi connectivity index (χ0) is 21.8. The second-order valence-electron chi connectivity index (χ2n) is 7.02. The molecule has 1 aliphatic rings. The highest BCUT2D eigenvalue weighted by molar-refractivity contribution is 7.89. The maximum Gasteiger partial charge on any atom is 0.255 e. The number of sulfonamides is 2. The number of carbonyl (C=O) groups is 1. The van der Waals surface area contributed by atoms with Gasteiger partial charge in [0.1, 0.15) is 0 Å². The van der Waals surface area contributed by atoms with E-state index in [0.29, 0.717) is 31.7 Å². The van der Waals surface area contributed by atoms with E-state index in [4.69, 9.17) is 0 Å². The third-order valence-corrected chi connectivity index (χ3v) is 8.14. The summed E-state index contributed by atoms with van der Waals surface area (Å²) in [5.74, 6) is -0.479. The lowest BCUT2D eigenvalue weighted by Crippen LogP contribution is -2.28. The van der Waals surface area contributed by atoms with Crippen LogP contribution in [0, 0.1) is 0 Å². The number of nitrogens with one attached hydrogen (secondary N) is 2. The van der Waals surface area contributed by atoms with E-state index in [-0.39, 0.29) is 15.4 Å². The van der Waals surface area contributed by atoms with E-state index in [1.54, 1.807) is 0 Å². The van der Waals surface area contributed by atoms with E-state index < -0.39 is 26.0 Å². The Bertz CT molecular complexity index is 1110. The summed E-state index contributed by atoms with van der Waals surface area (Å²) in [6.07, 6.45) is 2.35. The number of benzene rings is 2. The molecule has 1 saturated heterocycles. The van der Waals surface area contributed by atoms with Gasteiger partial charge in [0.2, 0.25) is 20.0 Å². The van der Waals surface area contributed by atoms with Gasteiger partial charge in [-0.3, -0.25) is 4.79 Å². The van der Waals surface area contributed by atoms with Crippen molar-refractivity contribution in [2.45, 2.75) is 36.0 Å². The minimum Gasteiger partial charge on any atom is -0.322 e. The van der Waals surface area contributed by atoms with Crippen LogP contribution in [-0.2, 0) is 20.0 Å². The maximum absolute atomic E-state index is 12.7. The molecular weight excluding hydrogens is 426 g/mol. The van der Waals surface area contributed by atoms with Gasteiger partial charge in [0.15, 0.2) is 0 Å². The van der Waals surface area contributed by atoms with Crippen molar-refractivity contribution >= 4 is 31.6 Å². The molecule has 0 spiro atoms. The quantitative estimate of drug-likeness (QED) is 0.640. The molecule has 8 nitrogen and oxygen atoms in total. The molecule has 1 aliphatic heterocycles. The van der Waals surface area contributed by atoms with Crippen LogP contribution in [0.25, 0.3) is 0 Å². The standard InChI is InChI=1S/C20H25N3O5S2/c1-2-12-21-29(25,26)18-10-8-17(9-11-18)22-20(24)16-6-5-7-19(15-16)30(27,28)23-13-3-4-14-23/h5-11,15,21H,2-4,12-14H2,1H3,(H,22,24). The Morgan fingerprint density at radius 1 is 0.967 bits per heavy atom. The Hall–Kier alpha value is -2.27. The second kappa shape index (κ2) is 9.25. The first-order chi connectivity index (χ1) is 14.2. The fraction of sp³-hybridized carbons (Fsp3) is 0.350. The third kappa shape index (κ3) is 5.07. The number of amides is 1. The van der Waals surface area contributed by atoms with Crippen molar-refractivity contribution < 1.29 is 21.6 Å². The average molecular weight is 452 g/mol. The molecule has 1 amide bonds. The molecule has 1 fully saturated rings. The molecule has 0 unspecified atom stereocenters. The molecule has 0 bridgehead atoms. The van der Waals surface area contributed by atoms with Crippen LogP contribution in [0.3, 0.4) is 0 Å². The minimum absolute atomic E-state index is 0.0838. The summed E-state index contributed by atoms with van der Waals surface area (Å²) in [6.45, 7) is 3.19. The van der Waals surface area contributed by atoms with E-state index in [1.165, 1.54) is 52.8 Å². The molecule has 30 heavy (non-hydrogen) atoms. The van der Waals surface area contributed by atoms with Gasteiger partial charge in [0.05, 0.1) is 9.79 Å². The van der Waals surface area contributed by atoms with Crippen LogP contribution in [0.1, 0.15) is 36.5 Å². The van der Waals surface area contributed by atoms with Crippen LogP contribution >= 0.6 is 0 Å². The lowest BCUT2D eigenvalue weighted by Gasteiger charge is -2.16. The molecule has 2 N–H and O–H groups in total. The van der Waals surface area contributed by atoms with Gasteiger partial charge in [0, 0.05) is 30.9 Å². The number of anilines is 1. The number of rotatable bonds is 8. The highest BCUT2D eigenvalue weighted by Gasteiger charge is 2.27. The smallest absolute Gasteiger partial charge is 0.255 e. The van der Waals surface area contributed by atoms with Crippen LogP contribution in [0.4, 0.5) is 5.69 Å². The largest absolute Gasteiger partial charge is 0.322 e. The summed E-state index contributed by atoms with van der Waals surface area (Å²) in [5, 5.41) is 2.67. The Morgan fingerprint density at radius 2 is 1.63 bits per heavy atom. The molecule has 0 saturated carbocycles. The molecule has 162 valence electrons. The molecule has 2 aromatic rings. The number of hydrogen-bond donors (Lipinski definition) is 2. The van der Waals surface area contributed by atoms with Crippen molar-refractivity contribution in [2.75, 3.05) is 25.0 Å². The first kappa shape index (κ1) is 22.4.